The number of nitrogens with zero attached hydrogens (tertiary/aromatic N) is 2. The van der Waals surface area contributed by atoms with Crippen molar-refractivity contribution in [3.63, 3.8) is 0 Å². The van der Waals surface area contributed by atoms with Crippen molar-refractivity contribution in [1.29, 1.82) is 0 Å². The van der Waals surface area contributed by atoms with Gasteiger partial charge in [-0.25, -0.2) is 9.97 Å². The van der Waals surface area contributed by atoms with Crippen molar-refractivity contribution in [2.45, 2.75) is 33.2 Å². The van der Waals surface area contributed by atoms with E-state index in [9.17, 15) is 4.79 Å². The van der Waals surface area contributed by atoms with E-state index in [1.165, 1.54) is 0 Å². The molecule has 1 heterocycles. The summed E-state index contributed by atoms with van der Waals surface area (Å²) in [6.45, 7) is 7.87. The molecule has 2 aromatic rings. The number of aromatic nitrogens is 2. The summed E-state index contributed by atoms with van der Waals surface area (Å²) in [4.78, 5) is 20.9. The second kappa shape index (κ2) is 6.44. The fraction of sp³-hybridized carbons (Fsp3) is 0.312. The topological polar surface area (TPSA) is 66.9 Å². The van der Waals surface area contributed by atoms with Gasteiger partial charge in [0.05, 0.1) is 5.69 Å². The second-order valence-corrected chi connectivity index (χ2v) is 6.85. The molecule has 0 atom stereocenters. The minimum atomic E-state index is -0.269. The predicted molar refractivity (Wildman–Crippen MR) is 92.2 cm³/mol. The van der Waals surface area contributed by atoms with E-state index in [-0.39, 0.29) is 11.4 Å². The first-order valence-corrected chi connectivity index (χ1v) is 7.74. The van der Waals surface area contributed by atoms with Crippen molar-refractivity contribution < 1.29 is 4.79 Å². The van der Waals surface area contributed by atoms with Crippen LogP contribution in [0.3, 0.4) is 0 Å². The average Bonchev–Trinajstić information content (AvgIpc) is 2.38. The van der Waals surface area contributed by atoms with E-state index in [4.69, 9.17) is 0 Å². The third-order valence-electron chi connectivity index (χ3n) is 2.70. The Morgan fingerprint density at radius 3 is 2.50 bits per heavy atom. The Bertz CT molecular complexity index is 695. The van der Waals surface area contributed by atoms with E-state index in [0.717, 1.165) is 4.47 Å². The van der Waals surface area contributed by atoms with Crippen LogP contribution in [0.1, 0.15) is 37.1 Å². The fourth-order valence-electron chi connectivity index (χ4n) is 1.88. The maximum absolute atomic E-state index is 12.4. The Morgan fingerprint density at radius 2 is 1.86 bits per heavy atom. The van der Waals surface area contributed by atoms with Crippen LogP contribution in [0.15, 0.2) is 34.8 Å². The van der Waals surface area contributed by atoms with Gasteiger partial charge in [0, 0.05) is 16.1 Å². The van der Waals surface area contributed by atoms with Gasteiger partial charge in [-0.2, -0.15) is 0 Å². The van der Waals surface area contributed by atoms with Crippen molar-refractivity contribution in [2.75, 3.05) is 10.6 Å². The van der Waals surface area contributed by atoms with Crippen molar-refractivity contribution in [3.8, 4) is 0 Å². The normalized spacial score (nSPS) is 11.1. The van der Waals surface area contributed by atoms with Crippen LogP contribution in [0.4, 0.5) is 11.5 Å². The molecule has 0 bridgehead atoms. The first-order chi connectivity index (χ1) is 10.2. The summed E-state index contributed by atoms with van der Waals surface area (Å²) in [5.74, 6) is 0.915. The molecule has 1 aromatic carbocycles. The number of carbonyl (C=O) groups is 1. The molecule has 0 aliphatic heterocycles. The Labute approximate surface area is 138 Å². The van der Waals surface area contributed by atoms with Gasteiger partial charge in [0.1, 0.15) is 17.3 Å². The maximum atomic E-state index is 12.4. The highest BCUT2D eigenvalue weighted by Gasteiger charge is 2.15. The summed E-state index contributed by atoms with van der Waals surface area (Å²) in [7, 11) is 0. The molecule has 1 amide bonds. The lowest BCUT2D eigenvalue weighted by atomic mass is 10.1. The van der Waals surface area contributed by atoms with Gasteiger partial charge in [0.2, 0.25) is 0 Å². The number of benzene rings is 1. The first-order valence-electron chi connectivity index (χ1n) is 6.94. The quantitative estimate of drug-likeness (QED) is 0.865. The van der Waals surface area contributed by atoms with E-state index in [1.54, 1.807) is 13.0 Å². The monoisotopic (exact) mass is 362 g/mol. The molecule has 0 aliphatic rings. The first kappa shape index (κ1) is 16.4. The Morgan fingerprint density at radius 1 is 1.18 bits per heavy atom. The number of amides is 1. The van der Waals surface area contributed by atoms with Gasteiger partial charge >= 0.3 is 0 Å². The molecular weight excluding hydrogens is 344 g/mol. The van der Waals surface area contributed by atoms with Crippen molar-refractivity contribution >= 4 is 33.3 Å². The number of nitrogens with one attached hydrogen (secondary N) is 2. The molecule has 1 aromatic heterocycles. The van der Waals surface area contributed by atoms with Gasteiger partial charge in [0.25, 0.3) is 5.91 Å². The van der Waals surface area contributed by atoms with Crippen LogP contribution in [-0.2, 0) is 0 Å². The van der Waals surface area contributed by atoms with Gasteiger partial charge in [-0.15, -0.1) is 0 Å². The van der Waals surface area contributed by atoms with Crippen LogP contribution in [0.25, 0.3) is 0 Å². The molecule has 0 radical (unpaired) electrons. The van der Waals surface area contributed by atoms with Gasteiger partial charge < -0.3 is 10.6 Å². The zero-order chi connectivity index (χ0) is 16.3. The van der Waals surface area contributed by atoms with Gasteiger partial charge in [0.15, 0.2) is 0 Å². The SMILES string of the molecule is Cc1nc(NC(C)(C)C)cc(C(=O)Nc2ccccc2Br)n1. The third kappa shape index (κ3) is 4.53. The van der Waals surface area contributed by atoms with Crippen molar-refractivity contribution in [1.82, 2.24) is 9.97 Å². The summed E-state index contributed by atoms with van der Waals surface area (Å²) in [6.07, 6.45) is 0. The molecule has 5 nitrogen and oxygen atoms in total. The summed E-state index contributed by atoms with van der Waals surface area (Å²) in [5.41, 5.74) is 0.890. The Hall–Kier alpha value is -1.95. The maximum Gasteiger partial charge on any atom is 0.274 e. The van der Waals surface area contributed by atoms with Crippen LogP contribution >= 0.6 is 15.9 Å². The lowest BCUT2D eigenvalue weighted by molar-refractivity contribution is 0.102. The molecule has 6 heteroatoms. The molecule has 0 aliphatic carbocycles. The molecule has 0 saturated carbocycles. The van der Waals surface area contributed by atoms with Crippen LogP contribution in [0, 0.1) is 6.92 Å². The summed E-state index contributed by atoms with van der Waals surface area (Å²) in [6, 6.07) is 9.10. The van der Waals surface area contributed by atoms with Crippen LogP contribution in [0.5, 0.6) is 0 Å². The highest BCUT2D eigenvalue weighted by molar-refractivity contribution is 9.10. The highest BCUT2D eigenvalue weighted by Crippen LogP contribution is 2.22. The summed E-state index contributed by atoms with van der Waals surface area (Å²) >= 11 is 3.41. The van der Waals surface area contributed by atoms with E-state index in [0.29, 0.717) is 23.0 Å². The number of hydrogen-bond donors (Lipinski definition) is 2. The third-order valence-corrected chi connectivity index (χ3v) is 3.39. The molecule has 0 spiro atoms. The molecule has 0 saturated heterocycles. The largest absolute Gasteiger partial charge is 0.365 e. The van der Waals surface area contributed by atoms with Crippen LogP contribution < -0.4 is 10.6 Å². The number of anilines is 2. The number of aryl methyl sites for hydroxylation is 1. The number of carbonyl (C=O) groups excluding carboxylic acids is 1. The predicted octanol–water partition coefficient (Wildman–Crippen LogP) is 4.01. The van der Waals surface area contributed by atoms with E-state index < -0.39 is 0 Å². The molecule has 2 rings (SSSR count). The Balaban J connectivity index is 2.24. The van der Waals surface area contributed by atoms with Gasteiger partial charge in [-0.05, 0) is 55.8 Å². The highest BCUT2D eigenvalue weighted by atomic mass is 79.9. The van der Waals surface area contributed by atoms with E-state index in [2.05, 4.69) is 36.5 Å². The zero-order valence-corrected chi connectivity index (χ0v) is 14.7. The molecule has 22 heavy (non-hydrogen) atoms. The van der Waals surface area contributed by atoms with E-state index in [1.807, 2.05) is 45.0 Å². The number of halogens is 1. The molecule has 0 fully saturated rings. The molecule has 116 valence electrons. The number of para-hydroxylation sites is 1. The average molecular weight is 363 g/mol. The van der Waals surface area contributed by atoms with Crippen LogP contribution in [0.2, 0.25) is 0 Å². The lowest BCUT2D eigenvalue weighted by Crippen LogP contribution is -2.27. The molecular formula is C16H19BrN4O. The Kier molecular flexibility index (Phi) is 4.81. The smallest absolute Gasteiger partial charge is 0.274 e. The van der Waals surface area contributed by atoms with Gasteiger partial charge in [-0.3, -0.25) is 4.79 Å². The summed E-state index contributed by atoms with van der Waals surface area (Å²) in [5, 5.41) is 6.09. The fourth-order valence-corrected chi connectivity index (χ4v) is 2.27. The number of rotatable bonds is 3. The van der Waals surface area contributed by atoms with Crippen molar-refractivity contribution in [2.24, 2.45) is 0 Å². The standard InChI is InChI=1S/C16H19BrN4O/c1-10-18-13(9-14(19-10)21-16(2,3)4)15(22)20-12-8-6-5-7-11(12)17/h5-9H,1-4H3,(H,20,22)(H,18,19,21). The second-order valence-electron chi connectivity index (χ2n) is 5.99. The lowest BCUT2D eigenvalue weighted by Gasteiger charge is -2.21. The molecule has 0 unspecified atom stereocenters. The minimum absolute atomic E-state index is 0.142. The van der Waals surface area contributed by atoms with Crippen molar-refractivity contribution in [3.05, 3.63) is 46.3 Å². The minimum Gasteiger partial charge on any atom is -0.365 e. The van der Waals surface area contributed by atoms with Gasteiger partial charge in [-0.1, -0.05) is 12.1 Å². The van der Waals surface area contributed by atoms with E-state index >= 15 is 0 Å². The van der Waals surface area contributed by atoms with Crippen LogP contribution in [-0.4, -0.2) is 21.4 Å². The molecule has 2 N–H and O–H groups in total. The number of hydrogen-bond acceptors (Lipinski definition) is 4. The zero-order valence-electron chi connectivity index (χ0n) is 13.1. The summed E-state index contributed by atoms with van der Waals surface area (Å²) < 4.78 is 0.821.